The molecule has 0 bridgehead atoms. The van der Waals surface area contributed by atoms with Gasteiger partial charge in [0.05, 0.1) is 5.69 Å². The summed E-state index contributed by atoms with van der Waals surface area (Å²) in [4.78, 5) is 0. The fraction of sp³-hybridized carbons (Fsp3) is 0.375. The lowest BCUT2D eigenvalue weighted by molar-refractivity contribution is -0.696. The highest BCUT2D eigenvalue weighted by atomic mass is 14.9. The molecule has 2 N–H and O–H groups in total. The third kappa shape index (κ3) is 1.72. The molecule has 10 heavy (non-hydrogen) atoms. The van der Waals surface area contributed by atoms with E-state index in [0.717, 1.165) is 18.7 Å². The largest absolute Gasteiger partial charge is 0.394 e. The summed E-state index contributed by atoms with van der Waals surface area (Å²) in [5.41, 5.74) is 6.40. The summed E-state index contributed by atoms with van der Waals surface area (Å²) in [6.45, 7) is 3.20. The fourth-order valence-corrected chi connectivity index (χ4v) is 0.940. The molecule has 0 atom stereocenters. The molecule has 1 aromatic rings. The summed E-state index contributed by atoms with van der Waals surface area (Å²) >= 11 is 0. The monoisotopic (exact) mass is 137 g/mol. The van der Waals surface area contributed by atoms with E-state index in [1.54, 1.807) is 0 Å². The number of pyridine rings is 1. The summed E-state index contributed by atoms with van der Waals surface area (Å²) in [5.74, 6) is 0. The number of rotatable bonds is 2. The zero-order valence-corrected chi connectivity index (χ0v) is 6.25. The molecule has 54 valence electrons. The zero-order chi connectivity index (χ0) is 7.40. The first kappa shape index (κ1) is 7.06. The SMILES string of the molecule is CCC[n+]1cccc(N)c1. The molecule has 2 heteroatoms. The molecule has 0 aliphatic rings. The zero-order valence-electron chi connectivity index (χ0n) is 6.25. The van der Waals surface area contributed by atoms with Gasteiger partial charge in [-0.3, -0.25) is 0 Å². The van der Waals surface area contributed by atoms with Crippen LogP contribution in [0.4, 0.5) is 5.69 Å². The van der Waals surface area contributed by atoms with E-state index in [1.807, 2.05) is 24.5 Å². The fourth-order valence-electron chi connectivity index (χ4n) is 0.940. The summed E-state index contributed by atoms with van der Waals surface area (Å²) in [5, 5.41) is 0. The molecule has 0 aliphatic carbocycles. The summed E-state index contributed by atoms with van der Waals surface area (Å²) in [6.07, 6.45) is 5.12. The van der Waals surface area contributed by atoms with Crippen LogP contribution in [-0.4, -0.2) is 0 Å². The Balaban J connectivity index is 2.75. The molecule has 0 aliphatic heterocycles. The van der Waals surface area contributed by atoms with Gasteiger partial charge in [0.25, 0.3) is 0 Å². The van der Waals surface area contributed by atoms with Crippen molar-refractivity contribution in [3.63, 3.8) is 0 Å². The standard InChI is InChI=1S/C8H13N2/c1-2-5-10-6-3-4-8(9)7-10/h3-4,6-7H,2,5,9H2,1H3/q+1. The van der Waals surface area contributed by atoms with Gasteiger partial charge in [0, 0.05) is 12.5 Å². The van der Waals surface area contributed by atoms with Gasteiger partial charge in [-0.15, -0.1) is 0 Å². The third-order valence-corrected chi connectivity index (χ3v) is 1.36. The Hall–Kier alpha value is -1.05. The summed E-state index contributed by atoms with van der Waals surface area (Å²) in [7, 11) is 0. The molecular formula is C8H13N2+. The van der Waals surface area contributed by atoms with Crippen LogP contribution in [0.5, 0.6) is 0 Å². The molecule has 0 saturated heterocycles. The van der Waals surface area contributed by atoms with E-state index in [1.165, 1.54) is 0 Å². The van der Waals surface area contributed by atoms with Crippen molar-refractivity contribution in [3.05, 3.63) is 24.5 Å². The van der Waals surface area contributed by atoms with Gasteiger partial charge >= 0.3 is 0 Å². The van der Waals surface area contributed by atoms with E-state index < -0.39 is 0 Å². The Morgan fingerprint density at radius 1 is 1.60 bits per heavy atom. The second-order valence-corrected chi connectivity index (χ2v) is 2.38. The summed E-state index contributed by atoms with van der Waals surface area (Å²) < 4.78 is 2.09. The van der Waals surface area contributed by atoms with Gasteiger partial charge in [-0.2, -0.15) is 0 Å². The molecule has 1 rings (SSSR count). The third-order valence-electron chi connectivity index (χ3n) is 1.36. The van der Waals surface area contributed by atoms with Crippen molar-refractivity contribution in [1.82, 2.24) is 0 Å². The first-order valence-electron chi connectivity index (χ1n) is 3.57. The average Bonchev–Trinajstić information content (AvgIpc) is 1.88. The van der Waals surface area contributed by atoms with E-state index in [-0.39, 0.29) is 0 Å². The molecule has 2 nitrogen and oxygen atoms in total. The Morgan fingerprint density at radius 3 is 3.00 bits per heavy atom. The van der Waals surface area contributed by atoms with Crippen molar-refractivity contribution < 1.29 is 4.57 Å². The van der Waals surface area contributed by atoms with E-state index in [2.05, 4.69) is 11.5 Å². The maximum atomic E-state index is 5.57. The van der Waals surface area contributed by atoms with Gasteiger partial charge in [0.15, 0.2) is 12.4 Å². The Labute approximate surface area is 61.3 Å². The van der Waals surface area contributed by atoms with Crippen molar-refractivity contribution >= 4 is 5.69 Å². The highest BCUT2D eigenvalue weighted by Gasteiger charge is 1.95. The highest BCUT2D eigenvalue weighted by molar-refractivity contribution is 5.30. The smallest absolute Gasteiger partial charge is 0.191 e. The number of aryl methyl sites for hydroxylation is 1. The maximum absolute atomic E-state index is 5.57. The Morgan fingerprint density at radius 2 is 2.40 bits per heavy atom. The van der Waals surface area contributed by atoms with E-state index in [9.17, 15) is 0 Å². The lowest BCUT2D eigenvalue weighted by Gasteiger charge is -1.92. The molecule has 1 aromatic heterocycles. The lowest BCUT2D eigenvalue weighted by atomic mass is 10.4. The first-order chi connectivity index (χ1) is 4.83. The van der Waals surface area contributed by atoms with Crippen LogP contribution >= 0.6 is 0 Å². The van der Waals surface area contributed by atoms with Gasteiger partial charge in [0.2, 0.25) is 0 Å². The molecule has 0 aromatic carbocycles. The van der Waals surface area contributed by atoms with Crippen molar-refractivity contribution in [2.45, 2.75) is 19.9 Å². The normalized spacial score (nSPS) is 9.70. The van der Waals surface area contributed by atoms with Gasteiger partial charge in [-0.05, 0) is 6.07 Å². The molecule has 0 amide bonds. The van der Waals surface area contributed by atoms with Crippen molar-refractivity contribution in [2.24, 2.45) is 0 Å². The topological polar surface area (TPSA) is 29.9 Å². The second-order valence-electron chi connectivity index (χ2n) is 2.38. The van der Waals surface area contributed by atoms with Crippen LogP contribution in [0.2, 0.25) is 0 Å². The quantitative estimate of drug-likeness (QED) is 0.605. The minimum absolute atomic E-state index is 0.830. The molecule has 1 heterocycles. The molecule has 0 radical (unpaired) electrons. The van der Waals surface area contributed by atoms with Crippen LogP contribution in [0.15, 0.2) is 24.5 Å². The van der Waals surface area contributed by atoms with Crippen LogP contribution in [-0.2, 0) is 6.54 Å². The van der Waals surface area contributed by atoms with Crippen molar-refractivity contribution in [2.75, 3.05) is 5.73 Å². The number of anilines is 1. The van der Waals surface area contributed by atoms with Crippen LogP contribution in [0.3, 0.4) is 0 Å². The number of hydrogen-bond donors (Lipinski definition) is 1. The highest BCUT2D eigenvalue weighted by Crippen LogP contribution is 1.92. The molecule has 0 saturated carbocycles. The van der Waals surface area contributed by atoms with Crippen LogP contribution < -0.4 is 10.3 Å². The first-order valence-corrected chi connectivity index (χ1v) is 3.57. The minimum atomic E-state index is 0.830. The predicted molar refractivity (Wildman–Crippen MR) is 41.3 cm³/mol. The van der Waals surface area contributed by atoms with E-state index in [0.29, 0.717) is 0 Å². The Kier molecular flexibility index (Phi) is 2.26. The van der Waals surface area contributed by atoms with Crippen molar-refractivity contribution in [1.29, 1.82) is 0 Å². The van der Waals surface area contributed by atoms with E-state index >= 15 is 0 Å². The van der Waals surface area contributed by atoms with Crippen LogP contribution in [0, 0.1) is 0 Å². The van der Waals surface area contributed by atoms with Gasteiger partial charge in [-0.1, -0.05) is 6.92 Å². The molecule has 0 fully saturated rings. The lowest BCUT2D eigenvalue weighted by Crippen LogP contribution is -2.32. The average molecular weight is 137 g/mol. The van der Waals surface area contributed by atoms with Gasteiger partial charge < -0.3 is 5.73 Å². The van der Waals surface area contributed by atoms with Gasteiger partial charge in [0.1, 0.15) is 6.54 Å². The molecule has 0 unspecified atom stereocenters. The predicted octanol–water partition coefficient (Wildman–Crippen LogP) is 0.966. The number of nitrogens with two attached hydrogens (primary N) is 1. The number of nitrogens with zero attached hydrogens (tertiary/aromatic N) is 1. The number of nitrogen functional groups attached to an aromatic ring is 1. The maximum Gasteiger partial charge on any atom is 0.191 e. The second kappa shape index (κ2) is 3.20. The number of hydrogen-bond acceptors (Lipinski definition) is 1. The van der Waals surface area contributed by atoms with E-state index in [4.69, 9.17) is 5.73 Å². The van der Waals surface area contributed by atoms with Gasteiger partial charge in [-0.25, -0.2) is 4.57 Å². The number of aromatic nitrogens is 1. The molecule has 0 spiro atoms. The summed E-state index contributed by atoms with van der Waals surface area (Å²) in [6, 6.07) is 3.86. The Bertz CT molecular complexity index is 208. The van der Waals surface area contributed by atoms with Crippen molar-refractivity contribution in [3.8, 4) is 0 Å². The minimum Gasteiger partial charge on any atom is -0.394 e. The van der Waals surface area contributed by atoms with Crippen LogP contribution in [0.25, 0.3) is 0 Å². The van der Waals surface area contributed by atoms with Crippen LogP contribution in [0.1, 0.15) is 13.3 Å². The molecular weight excluding hydrogens is 124 g/mol.